The van der Waals surface area contributed by atoms with Crippen LogP contribution in [-0.2, 0) is 28.5 Å². The number of aliphatic carboxylic acids is 1. The van der Waals surface area contributed by atoms with E-state index in [9.17, 15) is 41.1 Å². The number of nitriles is 1. The van der Waals surface area contributed by atoms with E-state index < -0.39 is 57.3 Å². The zero-order valence-electron chi connectivity index (χ0n) is 25.9. The van der Waals surface area contributed by atoms with Gasteiger partial charge in [-0.25, -0.2) is 31.5 Å². The van der Waals surface area contributed by atoms with Gasteiger partial charge in [0.25, 0.3) is 0 Å². The molecule has 46 heavy (non-hydrogen) atoms. The Labute approximate surface area is 268 Å². The summed E-state index contributed by atoms with van der Waals surface area (Å²) in [5.74, 6) is -11.3. The highest BCUT2D eigenvalue weighted by Gasteiger charge is 2.27. The van der Waals surface area contributed by atoms with Crippen molar-refractivity contribution in [3.8, 4) is 6.07 Å². The van der Waals surface area contributed by atoms with Gasteiger partial charge in [-0.1, -0.05) is 12.8 Å². The zero-order valence-corrected chi connectivity index (χ0v) is 26.7. The molecule has 0 saturated carbocycles. The van der Waals surface area contributed by atoms with Crippen LogP contribution in [0.4, 0.5) is 31.5 Å². The van der Waals surface area contributed by atoms with Crippen LogP contribution in [0.2, 0.25) is 0 Å². The van der Waals surface area contributed by atoms with Crippen LogP contribution < -0.4 is 10.6 Å². The minimum absolute atomic E-state index is 0.0234. The monoisotopic (exact) mass is 689 g/mol. The maximum atomic E-state index is 13.5. The lowest BCUT2D eigenvalue weighted by atomic mass is 10.2. The van der Waals surface area contributed by atoms with Crippen LogP contribution in [-0.4, -0.2) is 82.1 Å². The van der Waals surface area contributed by atoms with E-state index in [0.717, 1.165) is 12.8 Å². The van der Waals surface area contributed by atoms with Gasteiger partial charge in [0.15, 0.2) is 28.4 Å². The quantitative estimate of drug-likeness (QED) is 0.0553. The number of ether oxygens (including phenoxy) is 4. The summed E-state index contributed by atoms with van der Waals surface area (Å²) >= 11 is -0.0234. The largest absolute Gasteiger partial charge is 0.481 e. The standard InChI is InChI=1S/C16H18F5NO4S.C10H19NO5.C2H3N/c1-25-7-8-26-16(24)22-6-4-2-3-5-9(23)27-15-13(20)11(18)10(17)12(19)14(15)21;1-15-7-8-16-10(14)11-6-4-2-3-5-9(12)13;1-2-3/h2-8H2,1H3,(H,22,24);2-8H2,1H3,(H,11,14)(H,12,13);1H3. The third-order valence-electron chi connectivity index (χ3n) is 5.09. The number of carbonyl (C=O) groups excluding carboxylic acids is 3. The predicted octanol–water partition coefficient (Wildman–Crippen LogP) is 5.47. The number of carboxylic acids is 1. The van der Waals surface area contributed by atoms with E-state index in [0.29, 0.717) is 45.4 Å². The van der Waals surface area contributed by atoms with E-state index in [-0.39, 0.29) is 44.4 Å². The van der Waals surface area contributed by atoms with E-state index in [2.05, 4.69) is 10.6 Å². The molecule has 0 spiro atoms. The lowest BCUT2D eigenvalue weighted by molar-refractivity contribution is -0.137. The lowest BCUT2D eigenvalue weighted by Crippen LogP contribution is -2.26. The van der Waals surface area contributed by atoms with Gasteiger partial charge in [0.2, 0.25) is 5.82 Å². The summed E-state index contributed by atoms with van der Waals surface area (Å²) in [5.41, 5.74) is 0. The van der Waals surface area contributed by atoms with Crippen molar-refractivity contribution in [2.24, 2.45) is 0 Å². The summed E-state index contributed by atoms with van der Waals surface area (Å²) in [5, 5.41) is 20.0. The molecule has 0 aliphatic rings. The van der Waals surface area contributed by atoms with Crippen molar-refractivity contribution in [2.45, 2.75) is 63.2 Å². The molecule has 0 atom stereocenters. The topological polar surface area (TPSA) is 173 Å². The molecule has 0 bridgehead atoms. The molecule has 0 saturated heterocycles. The second-order valence-corrected chi connectivity index (χ2v) is 9.79. The van der Waals surface area contributed by atoms with Crippen LogP contribution in [0, 0.1) is 40.4 Å². The molecule has 1 aromatic rings. The number of carboxylic acid groups (broad SMARTS) is 1. The number of benzene rings is 1. The first-order valence-corrected chi connectivity index (χ1v) is 14.7. The first-order chi connectivity index (χ1) is 21.9. The number of nitrogens with one attached hydrogen (secondary N) is 2. The van der Waals surface area contributed by atoms with Crippen LogP contribution in [0.3, 0.4) is 0 Å². The average molecular weight is 690 g/mol. The van der Waals surface area contributed by atoms with Gasteiger partial charge in [0.05, 0.1) is 24.2 Å². The summed E-state index contributed by atoms with van der Waals surface area (Å²) < 4.78 is 85.0. The van der Waals surface area contributed by atoms with Crippen molar-refractivity contribution in [3.63, 3.8) is 0 Å². The normalized spacial score (nSPS) is 9.89. The molecule has 262 valence electrons. The molecule has 3 N–H and O–H groups in total. The highest BCUT2D eigenvalue weighted by atomic mass is 32.2. The average Bonchev–Trinajstić information content (AvgIpc) is 3.01. The van der Waals surface area contributed by atoms with Crippen LogP contribution in [0.5, 0.6) is 0 Å². The fourth-order valence-electron chi connectivity index (χ4n) is 2.91. The Hall–Kier alpha value is -3.69. The number of halogens is 5. The maximum Gasteiger partial charge on any atom is 0.407 e. The summed E-state index contributed by atoms with van der Waals surface area (Å²) in [7, 11) is 3.00. The van der Waals surface area contributed by atoms with Gasteiger partial charge in [-0.3, -0.25) is 9.59 Å². The molecule has 0 radical (unpaired) electrons. The minimum atomic E-state index is -2.27. The number of amides is 2. The van der Waals surface area contributed by atoms with E-state index in [1.165, 1.54) is 21.1 Å². The summed E-state index contributed by atoms with van der Waals surface area (Å²) in [4.78, 5) is 42.9. The number of methoxy groups -OCH3 is 2. The molecular formula is C28H40F5N3O9S. The van der Waals surface area contributed by atoms with Crippen molar-refractivity contribution in [2.75, 3.05) is 53.7 Å². The first kappa shape index (κ1) is 44.4. The van der Waals surface area contributed by atoms with Gasteiger partial charge >= 0.3 is 18.2 Å². The van der Waals surface area contributed by atoms with Gasteiger partial charge in [-0.15, -0.1) is 0 Å². The predicted molar refractivity (Wildman–Crippen MR) is 155 cm³/mol. The number of unbranched alkanes of at least 4 members (excludes halogenated alkanes) is 4. The zero-order chi connectivity index (χ0) is 35.3. The second kappa shape index (κ2) is 28.8. The number of carbonyl (C=O) groups is 4. The molecule has 2 amide bonds. The second-order valence-electron chi connectivity index (χ2n) is 8.72. The Kier molecular flexibility index (Phi) is 27.8. The minimum Gasteiger partial charge on any atom is -0.481 e. The van der Waals surface area contributed by atoms with Crippen molar-refractivity contribution in [1.82, 2.24) is 10.6 Å². The lowest BCUT2D eigenvalue weighted by Gasteiger charge is -2.07. The van der Waals surface area contributed by atoms with E-state index in [1.807, 2.05) is 0 Å². The van der Waals surface area contributed by atoms with Gasteiger partial charge < -0.3 is 34.7 Å². The number of rotatable bonds is 19. The third-order valence-corrected chi connectivity index (χ3v) is 6.08. The number of alkyl carbamates (subject to hydrolysis) is 2. The molecular weight excluding hydrogens is 649 g/mol. The summed E-state index contributed by atoms with van der Waals surface area (Å²) in [6.07, 6.45) is 2.50. The molecule has 12 nitrogen and oxygen atoms in total. The molecule has 0 fully saturated rings. The third kappa shape index (κ3) is 22.8. The Balaban J connectivity index is 0. The van der Waals surface area contributed by atoms with Crippen molar-refractivity contribution in [3.05, 3.63) is 29.1 Å². The number of thioether (sulfide) groups is 1. The van der Waals surface area contributed by atoms with Gasteiger partial charge in [-0.05, 0) is 37.4 Å². The smallest absolute Gasteiger partial charge is 0.407 e. The Morgan fingerprint density at radius 2 is 1.09 bits per heavy atom. The molecule has 0 unspecified atom stereocenters. The van der Waals surface area contributed by atoms with E-state index in [4.69, 9.17) is 29.3 Å². The Morgan fingerprint density at radius 3 is 1.48 bits per heavy atom. The van der Waals surface area contributed by atoms with Gasteiger partial charge in [0.1, 0.15) is 13.2 Å². The first-order valence-electron chi connectivity index (χ1n) is 13.9. The Morgan fingerprint density at radius 1 is 0.696 bits per heavy atom. The van der Waals surface area contributed by atoms with Crippen LogP contribution >= 0.6 is 11.8 Å². The molecule has 0 aliphatic carbocycles. The van der Waals surface area contributed by atoms with Gasteiger partial charge in [-0.2, -0.15) is 5.26 Å². The number of hydrogen-bond acceptors (Lipinski definition) is 10. The SMILES string of the molecule is CC#N.COCCOC(=O)NCCCCCC(=O)O.COCCOC(=O)NCCCCCC(=O)Sc1c(F)c(F)c(F)c(F)c1F. The fraction of sp³-hybridized carbons (Fsp3) is 0.607. The highest BCUT2D eigenvalue weighted by Crippen LogP contribution is 2.32. The van der Waals surface area contributed by atoms with Gasteiger partial charge in [0, 0.05) is 47.1 Å². The molecule has 0 heterocycles. The molecule has 1 aromatic carbocycles. The molecule has 1 rings (SSSR count). The molecule has 18 heteroatoms. The Bertz CT molecular complexity index is 1080. The van der Waals surface area contributed by atoms with E-state index >= 15 is 0 Å². The van der Waals surface area contributed by atoms with Crippen LogP contribution in [0.1, 0.15) is 58.3 Å². The fourth-order valence-corrected chi connectivity index (χ4v) is 3.74. The van der Waals surface area contributed by atoms with Crippen molar-refractivity contribution < 1.29 is 65.2 Å². The van der Waals surface area contributed by atoms with E-state index in [1.54, 1.807) is 6.07 Å². The van der Waals surface area contributed by atoms with Crippen molar-refractivity contribution >= 4 is 35.0 Å². The van der Waals surface area contributed by atoms with Crippen LogP contribution in [0.15, 0.2) is 4.90 Å². The molecule has 0 aliphatic heterocycles. The number of nitrogens with zero attached hydrogens (tertiary/aromatic N) is 1. The van der Waals surface area contributed by atoms with Crippen molar-refractivity contribution in [1.29, 1.82) is 5.26 Å². The summed E-state index contributed by atoms with van der Waals surface area (Å²) in [6, 6.07) is 1.75. The van der Waals surface area contributed by atoms with Crippen LogP contribution in [0.25, 0.3) is 0 Å². The number of hydrogen-bond donors (Lipinski definition) is 3. The highest BCUT2D eigenvalue weighted by molar-refractivity contribution is 8.13. The maximum absolute atomic E-state index is 13.5. The summed E-state index contributed by atoms with van der Waals surface area (Å²) in [6.45, 7) is 3.24. The molecule has 0 aromatic heterocycles.